The molecule has 0 saturated heterocycles. The smallest absolute Gasteiger partial charge is 0.178 e. The predicted molar refractivity (Wildman–Crippen MR) is 73.8 cm³/mol. The van der Waals surface area contributed by atoms with Gasteiger partial charge in [0.1, 0.15) is 0 Å². The predicted octanol–water partition coefficient (Wildman–Crippen LogP) is 3.89. The quantitative estimate of drug-likeness (QED) is 0.378. The van der Waals surface area contributed by atoms with E-state index in [4.69, 9.17) is 28.5 Å². The lowest BCUT2D eigenvalue weighted by Gasteiger charge is -2.16. The third-order valence-electron chi connectivity index (χ3n) is 1.71. The van der Waals surface area contributed by atoms with E-state index in [2.05, 4.69) is 26.6 Å². The van der Waals surface area contributed by atoms with Crippen molar-refractivity contribution in [3.63, 3.8) is 0 Å². The average Bonchev–Trinajstić information content (AvgIpc) is 2.25. The Morgan fingerprint density at radius 3 is 2.44 bits per heavy atom. The molecule has 0 spiro atoms. The van der Waals surface area contributed by atoms with Gasteiger partial charge in [0.25, 0.3) is 0 Å². The molecule has 86 valence electrons. The van der Waals surface area contributed by atoms with E-state index in [1.165, 1.54) is 11.8 Å². The van der Waals surface area contributed by atoms with E-state index in [0.29, 0.717) is 14.5 Å². The summed E-state index contributed by atoms with van der Waals surface area (Å²) in [5.41, 5.74) is 0.540. The fourth-order valence-electron chi connectivity index (χ4n) is 1.00. The molecule has 2 N–H and O–H groups in total. The first-order valence-corrected chi connectivity index (χ1v) is 7.00. The van der Waals surface area contributed by atoms with Crippen LogP contribution in [0, 0.1) is 11.5 Å². The highest BCUT2D eigenvalue weighted by Gasteiger charge is 2.09. The first-order valence-electron chi connectivity index (χ1n) is 4.17. The molecule has 1 atom stereocenters. The molecule has 0 aliphatic heterocycles. The minimum atomic E-state index is -0.210. The van der Waals surface area contributed by atoms with Crippen LogP contribution in [-0.4, -0.2) is 11.8 Å². The van der Waals surface area contributed by atoms with Gasteiger partial charge < -0.3 is 5.32 Å². The van der Waals surface area contributed by atoms with Gasteiger partial charge in [-0.3, -0.25) is 5.32 Å². The summed E-state index contributed by atoms with van der Waals surface area (Å²) in [7, 11) is 0. The first-order chi connectivity index (χ1) is 7.58. The van der Waals surface area contributed by atoms with E-state index in [0.717, 1.165) is 5.69 Å². The van der Waals surface area contributed by atoms with Crippen LogP contribution >= 0.6 is 50.9 Å². The van der Waals surface area contributed by atoms with Crippen molar-refractivity contribution < 1.29 is 0 Å². The Bertz CT molecular complexity index is 399. The van der Waals surface area contributed by atoms with Gasteiger partial charge in [-0.25, -0.2) is 0 Å². The minimum Gasteiger partial charge on any atom is -0.356 e. The molecule has 0 fully saturated rings. The van der Waals surface area contributed by atoms with Crippen LogP contribution in [0.5, 0.6) is 0 Å². The lowest BCUT2D eigenvalue weighted by Crippen LogP contribution is -2.29. The Balaban J connectivity index is 2.85. The number of nitrogens with one attached hydrogen (secondary N) is 2. The van der Waals surface area contributed by atoms with Gasteiger partial charge in [0.15, 0.2) is 11.7 Å². The zero-order chi connectivity index (χ0) is 12.1. The maximum atomic E-state index is 8.53. The molecule has 0 amide bonds. The van der Waals surface area contributed by atoms with E-state index in [1.54, 1.807) is 12.1 Å². The largest absolute Gasteiger partial charge is 0.356 e. The normalized spacial score (nSPS) is 11.7. The van der Waals surface area contributed by atoms with Gasteiger partial charge in [-0.05, 0) is 34.3 Å². The fraction of sp³-hybridized carbons (Fsp3) is 0.222. The number of nitrogens with zero attached hydrogens (tertiary/aromatic N) is 1. The standard InChI is InChI=1S/C9H8BrCl2N3S/c1-16-9(14-4-13)15-5-2-6(11)8(10)7(12)3-5/h2-3,9,14-15H,1H3. The van der Waals surface area contributed by atoms with E-state index >= 15 is 0 Å². The third-order valence-corrected chi connectivity index (χ3v) is 4.33. The zero-order valence-corrected chi connectivity index (χ0v) is 12.1. The number of halogens is 3. The van der Waals surface area contributed by atoms with Crippen molar-refractivity contribution in [2.45, 2.75) is 5.50 Å². The van der Waals surface area contributed by atoms with Crippen LogP contribution in [0.25, 0.3) is 0 Å². The highest BCUT2D eigenvalue weighted by Crippen LogP contribution is 2.33. The van der Waals surface area contributed by atoms with Crippen molar-refractivity contribution in [2.75, 3.05) is 11.6 Å². The number of benzene rings is 1. The highest BCUT2D eigenvalue weighted by atomic mass is 79.9. The molecule has 0 heterocycles. The third kappa shape index (κ3) is 3.63. The zero-order valence-electron chi connectivity index (χ0n) is 8.22. The number of rotatable bonds is 4. The molecular weight excluding hydrogens is 333 g/mol. The summed E-state index contributed by atoms with van der Waals surface area (Å²) in [6, 6.07) is 3.47. The van der Waals surface area contributed by atoms with Crippen LogP contribution in [0.4, 0.5) is 5.69 Å². The molecule has 0 radical (unpaired) electrons. The van der Waals surface area contributed by atoms with Gasteiger partial charge >= 0.3 is 0 Å². The van der Waals surface area contributed by atoms with Crippen LogP contribution in [0.3, 0.4) is 0 Å². The van der Waals surface area contributed by atoms with Crippen molar-refractivity contribution in [1.29, 1.82) is 5.26 Å². The number of nitriles is 1. The summed E-state index contributed by atoms with van der Waals surface area (Å²) in [4.78, 5) is 0. The number of anilines is 1. The van der Waals surface area contributed by atoms with Crippen molar-refractivity contribution in [3.05, 3.63) is 26.7 Å². The van der Waals surface area contributed by atoms with E-state index in [1.807, 2.05) is 12.4 Å². The van der Waals surface area contributed by atoms with Crippen LogP contribution in [0.1, 0.15) is 0 Å². The van der Waals surface area contributed by atoms with Crippen LogP contribution in [-0.2, 0) is 0 Å². The molecule has 3 nitrogen and oxygen atoms in total. The summed E-state index contributed by atoms with van der Waals surface area (Å²) in [6.45, 7) is 0. The van der Waals surface area contributed by atoms with Crippen molar-refractivity contribution in [2.24, 2.45) is 0 Å². The van der Waals surface area contributed by atoms with Crippen LogP contribution in [0.2, 0.25) is 10.0 Å². The van der Waals surface area contributed by atoms with E-state index < -0.39 is 0 Å². The molecule has 1 aromatic rings. The Labute approximate surface area is 117 Å². The van der Waals surface area contributed by atoms with E-state index in [9.17, 15) is 0 Å². The summed E-state index contributed by atoms with van der Waals surface area (Å²) in [5, 5.41) is 15.2. The SMILES string of the molecule is CSC(NC#N)Nc1cc(Cl)c(Br)c(Cl)c1. The minimum absolute atomic E-state index is 0.210. The molecule has 0 aliphatic carbocycles. The van der Waals surface area contributed by atoms with Gasteiger partial charge in [-0.15, -0.1) is 11.8 Å². The summed E-state index contributed by atoms with van der Waals surface area (Å²) in [5.74, 6) is 0. The van der Waals surface area contributed by atoms with Gasteiger partial charge in [0, 0.05) is 5.69 Å². The average molecular weight is 341 g/mol. The van der Waals surface area contributed by atoms with Crippen molar-refractivity contribution >= 4 is 56.6 Å². The Morgan fingerprint density at radius 2 is 2.00 bits per heavy atom. The molecule has 0 bridgehead atoms. The van der Waals surface area contributed by atoms with Crippen molar-refractivity contribution in [3.8, 4) is 6.19 Å². The lowest BCUT2D eigenvalue weighted by atomic mass is 10.3. The topological polar surface area (TPSA) is 47.9 Å². The van der Waals surface area contributed by atoms with Gasteiger partial charge in [-0.2, -0.15) is 5.26 Å². The molecular formula is C9H8BrCl2N3S. The lowest BCUT2D eigenvalue weighted by molar-refractivity contribution is 0.885. The number of thioether (sulfide) groups is 1. The van der Waals surface area contributed by atoms with Gasteiger partial charge in [-0.1, -0.05) is 23.2 Å². The molecule has 7 heteroatoms. The molecule has 16 heavy (non-hydrogen) atoms. The number of hydrogen-bond donors (Lipinski definition) is 2. The van der Waals surface area contributed by atoms with Crippen LogP contribution in [0.15, 0.2) is 16.6 Å². The molecule has 0 saturated carbocycles. The molecule has 0 aromatic heterocycles. The Morgan fingerprint density at radius 1 is 1.44 bits per heavy atom. The first kappa shape index (κ1) is 13.8. The summed E-state index contributed by atoms with van der Waals surface area (Å²) < 4.78 is 0.662. The fourth-order valence-corrected chi connectivity index (χ4v) is 2.14. The molecule has 1 unspecified atom stereocenters. The molecule has 1 rings (SSSR count). The molecule has 1 aromatic carbocycles. The summed E-state index contributed by atoms with van der Waals surface area (Å²) >= 11 is 16.6. The summed E-state index contributed by atoms with van der Waals surface area (Å²) in [6.07, 6.45) is 3.75. The van der Waals surface area contributed by atoms with E-state index in [-0.39, 0.29) is 5.50 Å². The second-order valence-electron chi connectivity index (χ2n) is 2.77. The highest BCUT2D eigenvalue weighted by molar-refractivity contribution is 9.10. The second-order valence-corrected chi connectivity index (χ2v) is 5.32. The van der Waals surface area contributed by atoms with Gasteiger partial charge in [0.2, 0.25) is 0 Å². The molecule has 0 aliphatic rings. The van der Waals surface area contributed by atoms with Crippen LogP contribution < -0.4 is 10.6 Å². The van der Waals surface area contributed by atoms with Crippen molar-refractivity contribution in [1.82, 2.24) is 5.32 Å². The maximum Gasteiger partial charge on any atom is 0.178 e. The second kappa shape index (κ2) is 6.45. The Kier molecular flexibility index (Phi) is 5.56. The maximum absolute atomic E-state index is 8.53. The number of hydrogen-bond acceptors (Lipinski definition) is 4. The van der Waals surface area contributed by atoms with Gasteiger partial charge in [0.05, 0.1) is 14.5 Å². The Hall–Kier alpha value is -0.280. The monoisotopic (exact) mass is 339 g/mol.